The number of carboxylic acids is 1. The van der Waals surface area contributed by atoms with Crippen molar-refractivity contribution in [3.05, 3.63) is 22.7 Å². The molecular weight excluding hydrogens is 240 g/mol. The highest BCUT2D eigenvalue weighted by atomic mass is 35.5. The van der Waals surface area contributed by atoms with Crippen LogP contribution in [0.1, 0.15) is 31.1 Å². The Labute approximate surface area is 106 Å². The topological polar surface area (TPSA) is 75.3 Å². The molecule has 0 aliphatic rings. The zero-order chi connectivity index (χ0) is 13.2. The molecule has 0 fully saturated rings. The van der Waals surface area contributed by atoms with Crippen LogP contribution in [0.2, 0.25) is 5.02 Å². The Morgan fingerprint density at radius 3 is 2.47 bits per heavy atom. The Hall–Kier alpha value is -1.42. The van der Waals surface area contributed by atoms with Crippen molar-refractivity contribution in [1.29, 1.82) is 0 Å². The number of hydrogen-bond donors (Lipinski definition) is 3. The first kappa shape index (κ1) is 13.6. The number of carbonyl (C=O) groups is 1. The molecule has 5 heteroatoms. The first-order valence-corrected chi connectivity index (χ1v) is 5.79. The largest absolute Gasteiger partial charge is 0.478 e. The lowest BCUT2D eigenvalue weighted by Gasteiger charge is -2.21. The fourth-order valence-electron chi connectivity index (χ4n) is 1.34. The molecule has 0 spiro atoms. The average molecular weight is 257 g/mol. The summed E-state index contributed by atoms with van der Waals surface area (Å²) in [4.78, 5) is 11.1. The third-order valence-electron chi connectivity index (χ3n) is 2.71. The van der Waals surface area contributed by atoms with Crippen LogP contribution in [0, 0.1) is 5.92 Å². The molecule has 0 saturated carbocycles. The number of anilines is 2. The number of hydrogen-bond acceptors (Lipinski definition) is 3. The second-order valence-corrected chi connectivity index (χ2v) is 4.81. The lowest BCUT2D eigenvalue weighted by Crippen LogP contribution is -2.23. The lowest BCUT2D eigenvalue weighted by atomic mass is 10.0. The molecule has 4 nitrogen and oxygen atoms in total. The van der Waals surface area contributed by atoms with Crippen molar-refractivity contribution in [3.63, 3.8) is 0 Å². The highest BCUT2D eigenvalue weighted by Crippen LogP contribution is 2.30. The third-order valence-corrected chi connectivity index (χ3v) is 3.01. The van der Waals surface area contributed by atoms with Crippen LogP contribution in [-0.4, -0.2) is 17.1 Å². The van der Waals surface area contributed by atoms with Crippen LogP contribution in [0.25, 0.3) is 0 Å². The van der Waals surface area contributed by atoms with Gasteiger partial charge in [0.15, 0.2) is 0 Å². The molecule has 0 aliphatic carbocycles. The van der Waals surface area contributed by atoms with Gasteiger partial charge in [-0.3, -0.25) is 0 Å². The molecule has 0 aliphatic heterocycles. The van der Waals surface area contributed by atoms with Gasteiger partial charge in [0.1, 0.15) is 0 Å². The van der Waals surface area contributed by atoms with E-state index >= 15 is 0 Å². The molecule has 0 aromatic heterocycles. The standard InChI is InChI=1S/C12H17ClN2O2/c1-6(2)7(3)15-11-9(12(16)17)4-8(14)5-10(11)13/h4-7,15H,14H2,1-3H3,(H,16,17). The summed E-state index contributed by atoms with van der Waals surface area (Å²) in [5, 5.41) is 12.6. The normalized spacial score (nSPS) is 12.5. The number of nitrogen functional groups attached to an aromatic ring is 1. The quantitative estimate of drug-likeness (QED) is 0.724. The van der Waals surface area contributed by atoms with Crippen molar-refractivity contribution >= 4 is 28.9 Å². The Morgan fingerprint density at radius 2 is 2.00 bits per heavy atom. The van der Waals surface area contributed by atoms with Gasteiger partial charge in [-0.2, -0.15) is 0 Å². The summed E-state index contributed by atoms with van der Waals surface area (Å²) in [5.41, 5.74) is 6.45. The summed E-state index contributed by atoms with van der Waals surface area (Å²) in [5.74, 6) is -0.678. The third kappa shape index (κ3) is 3.27. The van der Waals surface area contributed by atoms with Gasteiger partial charge in [0.25, 0.3) is 0 Å². The number of benzene rings is 1. The van der Waals surface area contributed by atoms with E-state index < -0.39 is 5.97 Å². The van der Waals surface area contributed by atoms with Crippen molar-refractivity contribution in [2.24, 2.45) is 5.92 Å². The SMILES string of the molecule is CC(C)C(C)Nc1c(Cl)cc(N)cc1C(=O)O. The summed E-state index contributed by atoms with van der Waals surface area (Å²) in [6.45, 7) is 6.07. The van der Waals surface area contributed by atoms with E-state index in [1.54, 1.807) is 6.07 Å². The van der Waals surface area contributed by atoms with Gasteiger partial charge in [-0.15, -0.1) is 0 Å². The van der Waals surface area contributed by atoms with Gasteiger partial charge >= 0.3 is 5.97 Å². The highest BCUT2D eigenvalue weighted by molar-refractivity contribution is 6.34. The van der Waals surface area contributed by atoms with Crippen LogP contribution in [0.15, 0.2) is 12.1 Å². The van der Waals surface area contributed by atoms with Gasteiger partial charge in [-0.05, 0) is 25.0 Å². The molecule has 0 saturated heterocycles. The van der Waals surface area contributed by atoms with Crippen molar-refractivity contribution in [3.8, 4) is 0 Å². The Bertz CT molecular complexity index is 433. The second-order valence-electron chi connectivity index (χ2n) is 4.41. The van der Waals surface area contributed by atoms with Crippen LogP contribution in [0.4, 0.5) is 11.4 Å². The predicted molar refractivity (Wildman–Crippen MR) is 70.7 cm³/mol. The molecule has 17 heavy (non-hydrogen) atoms. The van der Waals surface area contributed by atoms with Gasteiger partial charge in [0.05, 0.1) is 16.3 Å². The van der Waals surface area contributed by atoms with Crippen molar-refractivity contribution in [2.45, 2.75) is 26.8 Å². The van der Waals surface area contributed by atoms with E-state index in [1.807, 2.05) is 20.8 Å². The number of aromatic carboxylic acids is 1. The number of rotatable bonds is 4. The molecule has 0 amide bonds. The Balaban J connectivity index is 3.17. The molecule has 0 radical (unpaired) electrons. The highest BCUT2D eigenvalue weighted by Gasteiger charge is 2.17. The van der Waals surface area contributed by atoms with E-state index in [2.05, 4.69) is 5.32 Å². The van der Waals surface area contributed by atoms with Gasteiger partial charge in [0, 0.05) is 11.7 Å². The molecule has 1 rings (SSSR count). The minimum atomic E-state index is -1.04. The minimum absolute atomic E-state index is 0.0995. The van der Waals surface area contributed by atoms with E-state index in [0.717, 1.165) is 0 Å². The molecule has 0 bridgehead atoms. The summed E-state index contributed by atoms with van der Waals surface area (Å²) < 4.78 is 0. The minimum Gasteiger partial charge on any atom is -0.478 e. The lowest BCUT2D eigenvalue weighted by molar-refractivity contribution is 0.0698. The van der Waals surface area contributed by atoms with Gasteiger partial charge in [-0.25, -0.2) is 4.79 Å². The van der Waals surface area contributed by atoms with E-state index in [-0.39, 0.29) is 11.6 Å². The smallest absolute Gasteiger partial charge is 0.337 e. The molecule has 4 N–H and O–H groups in total. The van der Waals surface area contributed by atoms with Gasteiger partial charge < -0.3 is 16.2 Å². The molecular formula is C12H17ClN2O2. The molecule has 0 heterocycles. The molecule has 1 atom stereocenters. The molecule has 1 unspecified atom stereocenters. The number of halogens is 1. The monoisotopic (exact) mass is 256 g/mol. The first-order valence-electron chi connectivity index (χ1n) is 5.41. The number of nitrogens with two attached hydrogens (primary N) is 1. The van der Waals surface area contributed by atoms with E-state index in [9.17, 15) is 4.79 Å². The van der Waals surface area contributed by atoms with Crippen molar-refractivity contribution < 1.29 is 9.90 Å². The van der Waals surface area contributed by atoms with Crippen LogP contribution >= 0.6 is 11.6 Å². The second kappa shape index (κ2) is 5.27. The molecule has 1 aromatic carbocycles. The molecule has 1 aromatic rings. The average Bonchev–Trinajstić information content (AvgIpc) is 2.20. The van der Waals surface area contributed by atoms with Crippen LogP contribution in [0.5, 0.6) is 0 Å². The van der Waals surface area contributed by atoms with Crippen LogP contribution < -0.4 is 11.1 Å². The Morgan fingerprint density at radius 1 is 1.41 bits per heavy atom. The summed E-state index contributed by atoms with van der Waals surface area (Å²) in [7, 11) is 0. The molecule has 94 valence electrons. The summed E-state index contributed by atoms with van der Waals surface area (Å²) in [6.07, 6.45) is 0. The van der Waals surface area contributed by atoms with Crippen LogP contribution in [0.3, 0.4) is 0 Å². The summed E-state index contributed by atoms with van der Waals surface area (Å²) in [6, 6.07) is 3.07. The fourth-order valence-corrected chi connectivity index (χ4v) is 1.62. The maximum absolute atomic E-state index is 11.1. The fraction of sp³-hybridized carbons (Fsp3) is 0.417. The number of carboxylic acid groups (broad SMARTS) is 1. The van der Waals surface area contributed by atoms with Gasteiger partial charge in [0.2, 0.25) is 0 Å². The number of nitrogens with one attached hydrogen (secondary N) is 1. The maximum Gasteiger partial charge on any atom is 0.337 e. The zero-order valence-corrected chi connectivity index (χ0v) is 10.9. The zero-order valence-electron chi connectivity index (χ0n) is 10.1. The predicted octanol–water partition coefficient (Wildman–Crippen LogP) is 3.08. The van der Waals surface area contributed by atoms with Crippen LogP contribution in [-0.2, 0) is 0 Å². The first-order chi connectivity index (χ1) is 7.82. The van der Waals surface area contributed by atoms with E-state index in [0.29, 0.717) is 22.3 Å². The maximum atomic E-state index is 11.1. The van der Waals surface area contributed by atoms with E-state index in [1.165, 1.54) is 6.07 Å². The Kier molecular flexibility index (Phi) is 4.23. The summed E-state index contributed by atoms with van der Waals surface area (Å²) >= 11 is 6.02. The van der Waals surface area contributed by atoms with Gasteiger partial charge in [-0.1, -0.05) is 25.4 Å². The van der Waals surface area contributed by atoms with E-state index in [4.69, 9.17) is 22.4 Å². The van der Waals surface area contributed by atoms with Crippen molar-refractivity contribution in [2.75, 3.05) is 11.1 Å². The van der Waals surface area contributed by atoms with Crippen molar-refractivity contribution in [1.82, 2.24) is 0 Å².